The summed E-state index contributed by atoms with van der Waals surface area (Å²) in [5, 5.41) is 0. The van der Waals surface area contributed by atoms with E-state index in [9.17, 15) is 19.0 Å². The molecule has 9 nitrogen and oxygen atoms in total. The Morgan fingerprint density at radius 2 is 0.814 bits per heavy atom. The Morgan fingerprint density at radius 1 is 0.457 bits per heavy atom. The molecule has 0 aliphatic heterocycles. The van der Waals surface area contributed by atoms with Crippen LogP contribution < -0.4 is 0 Å². The van der Waals surface area contributed by atoms with Gasteiger partial charge in [-0.3, -0.25) is 18.6 Å². The van der Waals surface area contributed by atoms with Crippen molar-refractivity contribution < 1.29 is 42.1 Å². The van der Waals surface area contributed by atoms with Crippen LogP contribution >= 0.6 is 7.82 Å². The topological polar surface area (TPSA) is 108 Å². The number of phosphoric ester groups is 1. The molecule has 0 radical (unpaired) electrons. The van der Waals surface area contributed by atoms with Crippen molar-refractivity contribution in [3.63, 3.8) is 0 Å². The first-order valence-electron chi connectivity index (χ1n) is 29.4. The molecule has 0 aromatic heterocycles. The molecule has 0 saturated carbocycles. The van der Waals surface area contributed by atoms with Crippen molar-refractivity contribution in [1.29, 1.82) is 0 Å². The number of nitrogens with zero attached hydrogens (tertiary/aromatic N) is 1. The Hall–Kier alpha value is -2.03. The average molecular weight is 1010 g/mol. The number of carbonyl (C=O) groups excluding carboxylic acids is 2. The summed E-state index contributed by atoms with van der Waals surface area (Å²) in [6.45, 7) is 4.32. The fraction of sp³-hybridized carbons (Fsp3) is 0.833. The number of ether oxygens (including phenoxy) is 2. The van der Waals surface area contributed by atoms with Crippen LogP contribution in [0.2, 0.25) is 0 Å². The number of unbranched alkanes of at least 4 members (excludes halogenated alkanes) is 32. The van der Waals surface area contributed by atoms with Crippen LogP contribution in [-0.4, -0.2) is 74.9 Å². The number of esters is 2. The molecule has 0 aliphatic rings. The molecule has 0 rings (SSSR count). The lowest BCUT2D eigenvalue weighted by Gasteiger charge is -2.24. The number of phosphoric acid groups is 1. The highest BCUT2D eigenvalue weighted by molar-refractivity contribution is 7.47. The first-order valence-corrected chi connectivity index (χ1v) is 30.9. The molecule has 0 aromatic rings. The molecule has 0 fully saturated rings. The maximum Gasteiger partial charge on any atom is 0.472 e. The van der Waals surface area contributed by atoms with Gasteiger partial charge in [0.1, 0.15) is 19.8 Å². The summed E-state index contributed by atoms with van der Waals surface area (Å²) >= 11 is 0. The lowest BCUT2D eigenvalue weighted by Crippen LogP contribution is -2.37. The number of quaternary nitrogens is 1. The fourth-order valence-corrected chi connectivity index (χ4v) is 9.06. The van der Waals surface area contributed by atoms with Gasteiger partial charge < -0.3 is 18.9 Å². The predicted octanol–water partition coefficient (Wildman–Crippen LogP) is 18.1. The van der Waals surface area contributed by atoms with E-state index in [1.165, 1.54) is 167 Å². The Morgan fingerprint density at radius 3 is 1.23 bits per heavy atom. The molecule has 0 heterocycles. The minimum absolute atomic E-state index is 0.0280. The van der Waals surface area contributed by atoms with E-state index in [0.717, 1.165) is 70.6 Å². The van der Waals surface area contributed by atoms with Gasteiger partial charge in [0.2, 0.25) is 0 Å². The number of hydrogen-bond acceptors (Lipinski definition) is 7. The first-order chi connectivity index (χ1) is 34.0. The van der Waals surface area contributed by atoms with E-state index >= 15 is 0 Å². The van der Waals surface area contributed by atoms with Gasteiger partial charge in [0.25, 0.3) is 0 Å². The number of allylic oxidation sites excluding steroid dienone is 8. The third-order valence-electron chi connectivity index (χ3n) is 12.8. The molecule has 0 spiro atoms. The van der Waals surface area contributed by atoms with Gasteiger partial charge in [-0.2, -0.15) is 0 Å². The van der Waals surface area contributed by atoms with Gasteiger partial charge in [-0.1, -0.05) is 236 Å². The van der Waals surface area contributed by atoms with Gasteiger partial charge in [-0.15, -0.1) is 0 Å². The Balaban J connectivity index is 4.02. The normalized spacial score (nSPS) is 13.6. The highest BCUT2D eigenvalue weighted by Gasteiger charge is 2.27. The van der Waals surface area contributed by atoms with Crippen LogP contribution in [0.25, 0.3) is 0 Å². The molecule has 0 saturated heterocycles. The standard InChI is InChI=1S/C60H112NO8P/c1-6-8-10-12-14-16-18-20-22-23-24-25-26-27-28-29-30-31-32-33-34-35-36-37-39-40-42-44-46-48-50-52-59(62)66-56-58(57-68-70(64,65)67-55-54-61(3,4)5)69-60(63)53-51-49-47-45-43-41-38-21-19-17-15-13-11-9-7-2/h9,11,15,17,21,23-24,38,58H,6-8,10,12-14,16,18-20,22,25-37,39-57H2,1-5H3/p+1/b11-9-,17-15-,24-23-,38-21-. The monoisotopic (exact) mass is 1010 g/mol. The lowest BCUT2D eigenvalue weighted by atomic mass is 10.0. The molecule has 2 unspecified atom stereocenters. The summed E-state index contributed by atoms with van der Waals surface area (Å²) in [7, 11) is 1.47. The van der Waals surface area contributed by atoms with Crippen molar-refractivity contribution in [1.82, 2.24) is 0 Å². The van der Waals surface area contributed by atoms with Crippen LogP contribution in [0.15, 0.2) is 48.6 Å². The molecule has 410 valence electrons. The van der Waals surface area contributed by atoms with Crippen LogP contribution in [0.5, 0.6) is 0 Å². The number of rotatable bonds is 54. The number of likely N-dealkylation sites (N-methyl/N-ethyl adjacent to an activating group) is 1. The SMILES string of the molecule is CC/C=C\C/C=C\C/C=C\CCCCCCCC(=O)OC(COC(=O)CCCCCCCCCCCCCCCCCCCCC/C=C\CCCCCCCCCC)COP(=O)(O)OCC[N+](C)(C)C. The molecule has 0 amide bonds. The Labute approximate surface area is 433 Å². The van der Waals surface area contributed by atoms with Crippen molar-refractivity contribution >= 4 is 19.8 Å². The molecule has 0 aromatic carbocycles. The van der Waals surface area contributed by atoms with Gasteiger partial charge in [0.15, 0.2) is 6.10 Å². The van der Waals surface area contributed by atoms with Crippen molar-refractivity contribution in [3.05, 3.63) is 48.6 Å². The van der Waals surface area contributed by atoms with Gasteiger partial charge in [0, 0.05) is 12.8 Å². The number of carbonyl (C=O) groups is 2. The van der Waals surface area contributed by atoms with Crippen molar-refractivity contribution in [2.75, 3.05) is 47.5 Å². The fourth-order valence-electron chi connectivity index (χ4n) is 8.32. The van der Waals surface area contributed by atoms with E-state index in [1.54, 1.807) is 0 Å². The molecular weight excluding hydrogens is 894 g/mol. The molecule has 70 heavy (non-hydrogen) atoms. The Bertz CT molecular complexity index is 1320. The lowest BCUT2D eigenvalue weighted by molar-refractivity contribution is -0.870. The van der Waals surface area contributed by atoms with Crippen molar-refractivity contribution in [3.8, 4) is 0 Å². The quantitative estimate of drug-likeness (QED) is 0.0211. The zero-order chi connectivity index (χ0) is 51.3. The van der Waals surface area contributed by atoms with Crippen molar-refractivity contribution in [2.24, 2.45) is 0 Å². The minimum Gasteiger partial charge on any atom is -0.462 e. The summed E-state index contributed by atoms with van der Waals surface area (Å²) in [6, 6.07) is 0. The summed E-state index contributed by atoms with van der Waals surface area (Å²) < 4.78 is 34.5. The molecule has 10 heteroatoms. The molecule has 0 bridgehead atoms. The first kappa shape index (κ1) is 68.0. The van der Waals surface area contributed by atoms with E-state index < -0.39 is 26.5 Å². The second-order valence-electron chi connectivity index (χ2n) is 21.0. The van der Waals surface area contributed by atoms with E-state index in [1.807, 2.05) is 21.1 Å². The van der Waals surface area contributed by atoms with Gasteiger partial charge >= 0.3 is 19.8 Å². The van der Waals surface area contributed by atoms with Gasteiger partial charge in [-0.25, -0.2) is 4.57 Å². The molecule has 0 aliphatic carbocycles. The zero-order valence-electron chi connectivity index (χ0n) is 46.5. The summed E-state index contributed by atoms with van der Waals surface area (Å²) in [5.41, 5.74) is 0. The summed E-state index contributed by atoms with van der Waals surface area (Å²) in [5.74, 6) is -0.809. The maximum atomic E-state index is 12.8. The maximum absolute atomic E-state index is 12.8. The second-order valence-corrected chi connectivity index (χ2v) is 22.5. The Kier molecular flexibility index (Phi) is 50.4. The second kappa shape index (κ2) is 51.9. The van der Waals surface area contributed by atoms with E-state index in [-0.39, 0.29) is 32.0 Å². The van der Waals surface area contributed by atoms with E-state index in [2.05, 4.69) is 62.5 Å². The molecule has 2 atom stereocenters. The van der Waals surface area contributed by atoms with E-state index in [4.69, 9.17) is 18.5 Å². The number of hydrogen-bond donors (Lipinski definition) is 1. The predicted molar refractivity (Wildman–Crippen MR) is 298 cm³/mol. The minimum atomic E-state index is -4.39. The van der Waals surface area contributed by atoms with Crippen LogP contribution in [0.1, 0.15) is 271 Å². The van der Waals surface area contributed by atoms with Crippen LogP contribution in [0.4, 0.5) is 0 Å². The van der Waals surface area contributed by atoms with Gasteiger partial charge in [-0.05, 0) is 70.6 Å². The third kappa shape index (κ3) is 55.3. The third-order valence-corrected chi connectivity index (χ3v) is 13.8. The summed E-state index contributed by atoms with van der Waals surface area (Å²) in [6.07, 6.45) is 64.9. The highest BCUT2D eigenvalue weighted by Crippen LogP contribution is 2.43. The zero-order valence-corrected chi connectivity index (χ0v) is 47.4. The van der Waals surface area contributed by atoms with Crippen LogP contribution in [0, 0.1) is 0 Å². The highest BCUT2D eigenvalue weighted by atomic mass is 31.2. The van der Waals surface area contributed by atoms with Gasteiger partial charge in [0.05, 0.1) is 27.7 Å². The summed E-state index contributed by atoms with van der Waals surface area (Å²) in [4.78, 5) is 35.6. The van der Waals surface area contributed by atoms with E-state index in [0.29, 0.717) is 17.4 Å². The van der Waals surface area contributed by atoms with Crippen molar-refractivity contribution in [2.45, 2.75) is 277 Å². The largest absolute Gasteiger partial charge is 0.472 e. The van der Waals surface area contributed by atoms with Crippen LogP contribution in [0.3, 0.4) is 0 Å². The molecular formula is C60H113NO8P+. The average Bonchev–Trinajstić information content (AvgIpc) is 3.32. The smallest absolute Gasteiger partial charge is 0.462 e. The molecule has 1 N–H and O–H groups in total. The van der Waals surface area contributed by atoms with Crippen LogP contribution in [-0.2, 0) is 32.7 Å².